The third kappa shape index (κ3) is 4.88. The van der Waals surface area contributed by atoms with Gasteiger partial charge in [0, 0.05) is 19.3 Å². The fourth-order valence-corrected chi connectivity index (χ4v) is 3.57. The first kappa shape index (κ1) is 20.3. The average Bonchev–Trinajstić information content (AvgIpc) is 3.00. The normalized spacial score (nSPS) is 17.8. The third-order valence-electron chi connectivity index (χ3n) is 5.42. The number of aliphatic hydroxyl groups is 2. The molecule has 6 heteroatoms. The molecule has 1 aliphatic rings. The Labute approximate surface area is 166 Å². The molecule has 0 spiro atoms. The lowest BCUT2D eigenvalue weighted by Gasteiger charge is -2.27. The molecule has 1 atom stereocenters. The molecule has 3 N–H and O–H groups in total. The Morgan fingerprint density at radius 1 is 1.14 bits per heavy atom. The van der Waals surface area contributed by atoms with Crippen LogP contribution in [0.5, 0.6) is 0 Å². The number of anilines is 1. The Bertz CT molecular complexity index is 760. The van der Waals surface area contributed by atoms with Crippen LogP contribution in [0.4, 0.5) is 5.82 Å². The van der Waals surface area contributed by atoms with Crippen LogP contribution in [0.1, 0.15) is 48.0 Å². The van der Waals surface area contributed by atoms with Crippen LogP contribution in [-0.4, -0.2) is 57.8 Å². The standard InChI is InChI=1S/C22H29N3O3/c1-22(15-26,16-27)24-20-10-9-19(14-23-20)21(28)25-12-5-8-18(11-13-25)17-6-3-2-4-7-17/h2-4,6-7,9-10,14,18,26-27H,5,8,11-13,15-16H2,1H3,(H,23,24)/t18-/m1/s1. The first-order chi connectivity index (χ1) is 13.5. The van der Waals surface area contributed by atoms with Crippen molar-refractivity contribution in [3.05, 3.63) is 59.8 Å². The van der Waals surface area contributed by atoms with Gasteiger partial charge in [-0.3, -0.25) is 4.79 Å². The molecule has 1 aromatic carbocycles. The largest absolute Gasteiger partial charge is 0.394 e. The Morgan fingerprint density at radius 2 is 1.89 bits per heavy atom. The lowest BCUT2D eigenvalue weighted by atomic mass is 9.92. The van der Waals surface area contributed by atoms with Crippen molar-refractivity contribution in [2.24, 2.45) is 0 Å². The number of carbonyl (C=O) groups is 1. The van der Waals surface area contributed by atoms with Crippen molar-refractivity contribution in [1.29, 1.82) is 0 Å². The highest BCUT2D eigenvalue weighted by atomic mass is 16.3. The van der Waals surface area contributed by atoms with Crippen molar-refractivity contribution < 1.29 is 15.0 Å². The lowest BCUT2D eigenvalue weighted by molar-refractivity contribution is 0.0760. The van der Waals surface area contributed by atoms with E-state index in [-0.39, 0.29) is 19.1 Å². The Balaban J connectivity index is 1.62. The van der Waals surface area contributed by atoms with E-state index in [1.807, 2.05) is 11.0 Å². The summed E-state index contributed by atoms with van der Waals surface area (Å²) in [6.07, 6.45) is 4.60. The van der Waals surface area contributed by atoms with Crippen molar-refractivity contribution >= 4 is 11.7 Å². The highest BCUT2D eigenvalue weighted by molar-refractivity contribution is 5.94. The minimum atomic E-state index is -0.851. The van der Waals surface area contributed by atoms with Crippen LogP contribution in [0.2, 0.25) is 0 Å². The number of rotatable bonds is 6. The summed E-state index contributed by atoms with van der Waals surface area (Å²) >= 11 is 0. The molecule has 2 aromatic rings. The molecule has 0 bridgehead atoms. The highest BCUT2D eigenvalue weighted by Crippen LogP contribution is 2.28. The van der Waals surface area contributed by atoms with E-state index in [1.54, 1.807) is 25.3 Å². The minimum Gasteiger partial charge on any atom is -0.394 e. The molecular formula is C22H29N3O3. The van der Waals surface area contributed by atoms with E-state index in [0.29, 0.717) is 17.3 Å². The molecule has 1 aliphatic heterocycles. The fraction of sp³-hybridized carbons (Fsp3) is 0.455. The molecule has 1 amide bonds. The smallest absolute Gasteiger partial charge is 0.255 e. The van der Waals surface area contributed by atoms with Crippen LogP contribution in [0.25, 0.3) is 0 Å². The van der Waals surface area contributed by atoms with Crippen molar-refractivity contribution in [1.82, 2.24) is 9.88 Å². The summed E-state index contributed by atoms with van der Waals surface area (Å²) in [5, 5.41) is 21.8. The van der Waals surface area contributed by atoms with Crippen LogP contribution in [0, 0.1) is 0 Å². The topological polar surface area (TPSA) is 85.7 Å². The molecule has 1 saturated heterocycles. The second kappa shape index (κ2) is 9.17. The maximum absolute atomic E-state index is 12.9. The van der Waals surface area contributed by atoms with E-state index < -0.39 is 5.54 Å². The molecule has 0 unspecified atom stereocenters. The first-order valence-corrected chi connectivity index (χ1v) is 9.85. The number of aromatic nitrogens is 1. The highest BCUT2D eigenvalue weighted by Gasteiger charge is 2.24. The number of aliphatic hydroxyl groups excluding tert-OH is 2. The molecule has 150 valence electrons. The van der Waals surface area contributed by atoms with Gasteiger partial charge in [-0.2, -0.15) is 0 Å². The van der Waals surface area contributed by atoms with Gasteiger partial charge in [0.2, 0.25) is 0 Å². The monoisotopic (exact) mass is 383 g/mol. The van der Waals surface area contributed by atoms with Gasteiger partial charge in [0.25, 0.3) is 5.91 Å². The predicted molar refractivity (Wildman–Crippen MR) is 109 cm³/mol. The Hall–Kier alpha value is -2.44. The predicted octanol–water partition coefficient (Wildman–Crippen LogP) is 2.65. The van der Waals surface area contributed by atoms with Crippen LogP contribution in [0.3, 0.4) is 0 Å². The van der Waals surface area contributed by atoms with Crippen molar-refractivity contribution in [2.75, 3.05) is 31.6 Å². The SMILES string of the molecule is CC(CO)(CO)Nc1ccc(C(=O)N2CCC[C@@H](c3ccccc3)CC2)cn1. The van der Waals surface area contributed by atoms with E-state index in [1.165, 1.54) is 5.56 Å². The van der Waals surface area contributed by atoms with Gasteiger partial charge in [-0.1, -0.05) is 30.3 Å². The number of benzene rings is 1. The number of hydrogen-bond donors (Lipinski definition) is 3. The van der Waals surface area contributed by atoms with Crippen molar-refractivity contribution in [3.8, 4) is 0 Å². The van der Waals surface area contributed by atoms with Crippen LogP contribution >= 0.6 is 0 Å². The van der Waals surface area contributed by atoms with Crippen LogP contribution < -0.4 is 5.32 Å². The summed E-state index contributed by atoms with van der Waals surface area (Å²) in [7, 11) is 0. The van der Waals surface area contributed by atoms with E-state index in [2.05, 4.69) is 34.6 Å². The number of nitrogens with zero attached hydrogens (tertiary/aromatic N) is 2. The quantitative estimate of drug-likeness (QED) is 0.714. The maximum Gasteiger partial charge on any atom is 0.255 e. The summed E-state index contributed by atoms with van der Waals surface area (Å²) in [6.45, 7) is 2.76. The van der Waals surface area contributed by atoms with Gasteiger partial charge in [0.15, 0.2) is 0 Å². The summed E-state index contributed by atoms with van der Waals surface area (Å²) < 4.78 is 0. The molecule has 28 heavy (non-hydrogen) atoms. The maximum atomic E-state index is 12.9. The minimum absolute atomic E-state index is 0.000148. The average molecular weight is 383 g/mol. The lowest BCUT2D eigenvalue weighted by Crippen LogP contribution is -2.42. The second-order valence-corrected chi connectivity index (χ2v) is 7.76. The summed E-state index contributed by atoms with van der Waals surface area (Å²) in [5.74, 6) is 1.01. The van der Waals surface area contributed by atoms with Gasteiger partial charge in [-0.25, -0.2) is 4.98 Å². The molecule has 3 rings (SSSR count). The van der Waals surface area contributed by atoms with E-state index in [9.17, 15) is 15.0 Å². The second-order valence-electron chi connectivity index (χ2n) is 7.76. The summed E-state index contributed by atoms with van der Waals surface area (Å²) in [6, 6.07) is 14.0. The number of pyridine rings is 1. The zero-order valence-corrected chi connectivity index (χ0v) is 16.3. The molecule has 0 radical (unpaired) electrons. The van der Waals surface area contributed by atoms with Gasteiger partial charge in [0.05, 0.1) is 24.3 Å². The van der Waals surface area contributed by atoms with E-state index in [0.717, 1.165) is 32.4 Å². The fourth-order valence-electron chi connectivity index (χ4n) is 3.57. The van der Waals surface area contributed by atoms with Crippen molar-refractivity contribution in [3.63, 3.8) is 0 Å². The zero-order valence-electron chi connectivity index (χ0n) is 16.3. The van der Waals surface area contributed by atoms with Gasteiger partial charge in [-0.15, -0.1) is 0 Å². The van der Waals surface area contributed by atoms with E-state index in [4.69, 9.17) is 0 Å². The molecular weight excluding hydrogens is 354 g/mol. The molecule has 0 aliphatic carbocycles. The Kier molecular flexibility index (Phi) is 6.65. The van der Waals surface area contributed by atoms with Crippen LogP contribution in [0.15, 0.2) is 48.7 Å². The number of nitrogens with one attached hydrogen (secondary N) is 1. The molecule has 1 aromatic heterocycles. The van der Waals surface area contributed by atoms with Gasteiger partial charge in [-0.05, 0) is 49.8 Å². The van der Waals surface area contributed by atoms with Gasteiger partial charge in [0.1, 0.15) is 5.82 Å². The van der Waals surface area contributed by atoms with Crippen LogP contribution in [-0.2, 0) is 0 Å². The van der Waals surface area contributed by atoms with Gasteiger partial charge >= 0.3 is 0 Å². The number of likely N-dealkylation sites (tertiary alicyclic amines) is 1. The Morgan fingerprint density at radius 3 is 2.54 bits per heavy atom. The van der Waals surface area contributed by atoms with Gasteiger partial charge < -0.3 is 20.4 Å². The molecule has 2 heterocycles. The molecule has 1 fully saturated rings. The summed E-state index contributed by atoms with van der Waals surface area (Å²) in [4.78, 5) is 19.1. The first-order valence-electron chi connectivity index (χ1n) is 9.85. The number of amides is 1. The molecule has 0 saturated carbocycles. The summed E-state index contributed by atoms with van der Waals surface area (Å²) in [5.41, 5.74) is 1.05. The molecule has 6 nitrogen and oxygen atoms in total. The third-order valence-corrected chi connectivity index (χ3v) is 5.42. The zero-order chi connectivity index (χ0) is 20.0. The number of carbonyl (C=O) groups excluding carboxylic acids is 1. The van der Waals surface area contributed by atoms with E-state index >= 15 is 0 Å². The number of hydrogen-bond acceptors (Lipinski definition) is 5. The van der Waals surface area contributed by atoms with Crippen molar-refractivity contribution in [2.45, 2.75) is 37.6 Å².